The second-order valence-corrected chi connectivity index (χ2v) is 6.30. The van der Waals surface area contributed by atoms with Crippen molar-refractivity contribution in [2.24, 2.45) is 0 Å². The Labute approximate surface area is 152 Å². The first-order valence-corrected chi connectivity index (χ1v) is 8.65. The summed E-state index contributed by atoms with van der Waals surface area (Å²) in [5.41, 5.74) is 5.33. The normalized spacial score (nSPS) is 10.7. The number of thiocarbonyl (C=S) groups is 1. The summed E-state index contributed by atoms with van der Waals surface area (Å²) in [6, 6.07) is 8.03. The van der Waals surface area contributed by atoms with Crippen LogP contribution in [0, 0.1) is 13.8 Å². The highest BCUT2D eigenvalue weighted by Gasteiger charge is 2.08. The Morgan fingerprint density at radius 1 is 1.12 bits per heavy atom. The number of anilines is 2. The maximum atomic E-state index is 5.38. The van der Waals surface area contributed by atoms with Crippen LogP contribution in [0.5, 0.6) is 0 Å². The van der Waals surface area contributed by atoms with Crippen LogP contribution in [0.25, 0.3) is 0 Å². The lowest BCUT2D eigenvalue weighted by Gasteiger charge is -2.10. The van der Waals surface area contributed by atoms with Gasteiger partial charge in [-0.15, -0.1) is 0 Å². The van der Waals surface area contributed by atoms with Gasteiger partial charge in [0.25, 0.3) is 0 Å². The lowest BCUT2D eigenvalue weighted by molar-refractivity contribution is 0.633. The van der Waals surface area contributed by atoms with Crippen LogP contribution in [-0.4, -0.2) is 24.7 Å². The van der Waals surface area contributed by atoms with Gasteiger partial charge in [0, 0.05) is 29.7 Å². The molecule has 0 fully saturated rings. The topological polar surface area (TPSA) is 59.7 Å². The predicted molar refractivity (Wildman–Crippen MR) is 105 cm³/mol. The largest absolute Gasteiger partial charge is 0.332 e. The Hall–Kier alpha value is -2.67. The zero-order valence-corrected chi connectivity index (χ0v) is 15.5. The summed E-state index contributed by atoms with van der Waals surface area (Å²) in [5, 5.41) is 15.7. The van der Waals surface area contributed by atoms with Gasteiger partial charge in [-0.2, -0.15) is 10.2 Å². The number of hydrogen-bond acceptors (Lipinski definition) is 3. The Bertz CT molecular complexity index is 879. The summed E-state index contributed by atoms with van der Waals surface area (Å²) < 4.78 is 3.86. The number of aryl methyl sites for hydroxylation is 2. The molecule has 6 nitrogen and oxygen atoms in total. The quantitative estimate of drug-likeness (QED) is 0.686. The molecule has 0 saturated carbocycles. The van der Waals surface area contributed by atoms with Crippen LogP contribution >= 0.6 is 12.2 Å². The Kier molecular flexibility index (Phi) is 5.14. The van der Waals surface area contributed by atoms with Crippen molar-refractivity contribution in [1.29, 1.82) is 0 Å². The molecule has 0 spiro atoms. The van der Waals surface area contributed by atoms with Crippen LogP contribution in [0.1, 0.15) is 23.7 Å². The number of rotatable bonds is 5. The van der Waals surface area contributed by atoms with E-state index in [0.29, 0.717) is 11.7 Å². The van der Waals surface area contributed by atoms with Crippen molar-refractivity contribution in [3.63, 3.8) is 0 Å². The molecule has 7 heteroatoms. The van der Waals surface area contributed by atoms with Crippen LogP contribution in [0.4, 0.5) is 11.4 Å². The number of nitrogens with one attached hydrogen (secondary N) is 2. The third-order valence-electron chi connectivity index (χ3n) is 4.12. The molecule has 130 valence electrons. The van der Waals surface area contributed by atoms with E-state index in [4.69, 9.17) is 12.2 Å². The van der Waals surface area contributed by atoms with Crippen LogP contribution in [0.3, 0.4) is 0 Å². The van der Waals surface area contributed by atoms with E-state index in [1.165, 1.54) is 5.69 Å². The van der Waals surface area contributed by atoms with E-state index in [0.717, 1.165) is 29.0 Å². The van der Waals surface area contributed by atoms with Crippen LogP contribution < -0.4 is 10.6 Å². The van der Waals surface area contributed by atoms with Crippen LogP contribution in [0.15, 0.2) is 42.9 Å². The van der Waals surface area contributed by atoms with Gasteiger partial charge in [0.15, 0.2) is 5.11 Å². The summed E-state index contributed by atoms with van der Waals surface area (Å²) in [6.45, 7) is 7.77. The zero-order chi connectivity index (χ0) is 17.8. The van der Waals surface area contributed by atoms with Crippen molar-refractivity contribution in [2.45, 2.75) is 33.9 Å². The Morgan fingerprint density at radius 3 is 2.64 bits per heavy atom. The maximum Gasteiger partial charge on any atom is 0.175 e. The standard InChI is InChI=1S/C18H22N6S/c1-4-24-14(3)15(9-20-24)11-23-12-16(10-19-23)21-18(25)22-17-8-6-5-7-13(17)2/h5-10,12H,4,11H2,1-3H3,(H2,21,22,25). The van der Waals surface area contributed by atoms with Gasteiger partial charge in [0.1, 0.15) is 0 Å². The van der Waals surface area contributed by atoms with Gasteiger partial charge in [-0.05, 0) is 44.6 Å². The minimum Gasteiger partial charge on any atom is -0.332 e. The maximum absolute atomic E-state index is 5.38. The first kappa shape index (κ1) is 17.2. The van der Waals surface area contributed by atoms with Gasteiger partial charge >= 0.3 is 0 Å². The SMILES string of the molecule is CCn1ncc(Cn2cc(NC(=S)Nc3ccccc3C)cn2)c1C. The fourth-order valence-corrected chi connectivity index (χ4v) is 2.87. The molecule has 0 saturated heterocycles. The van der Waals surface area contributed by atoms with E-state index < -0.39 is 0 Å². The summed E-state index contributed by atoms with van der Waals surface area (Å²) in [4.78, 5) is 0. The monoisotopic (exact) mass is 354 g/mol. The molecule has 0 aliphatic rings. The molecule has 1 aromatic carbocycles. The molecule has 0 radical (unpaired) electrons. The fraction of sp³-hybridized carbons (Fsp3) is 0.278. The fourth-order valence-electron chi connectivity index (χ4n) is 2.65. The highest BCUT2D eigenvalue weighted by Crippen LogP contribution is 2.15. The molecule has 2 N–H and O–H groups in total. The van der Waals surface area contributed by atoms with Crippen molar-refractivity contribution in [1.82, 2.24) is 19.6 Å². The number of aromatic nitrogens is 4. The summed E-state index contributed by atoms with van der Waals surface area (Å²) >= 11 is 5.38. The molecular weight excluding hydrogens is 332 g/mol. The lowest BCUT2D eigenvalue weighted by Crippen LogP contribution is -2.19. The predicted octanol–water partition coefficient (Wildman–Crippen LogP) is 3.57. The van der Waals surface area contributed by atoms with Crippen molar-refractivity contribution in [2.75, 3.05) is 10.6 Å². The molecule has 3 rings (SSSR count). The van der Waals surface area contributed by atoms with E-state index >= 15 is 0 Å². The van der Waals surface area contributed by atoms with Crippen molar-refractivity contribution in [3.8, 4) is 0 Å². The van der Waals surface area contributed by atoms with Gasteiger partial charge in [-0.3, -0.25) is 9.36 Å². The second-order valence-electron chi connectivity index (χ2n) is 5.89. The number of nitrogens with zero attached hydrogens (tertiary/aromatic N) is 4. The van der Waals surface area contributed by atoms with Crippen LogP contribution in [0.2, 0.25) is 0 Å². The molecule has 0 aliphatic carbocycles. The smallest absolute Gasteiger partial charge is 0.175 e. The lowest BCUT2D eigenvalue weighted by atomic mass is 10.2. The molecule has 0 amide bonds. The van der Waals surface area contributed by atoms with Gasteiger partial charge in [0.2, 0.25) is 0 Å². The van der Waals surface area contributed by atoms with Gasteiger partial charge in [-0.25, -0.2) is 0 Å². The summed E-state index contributed by atoms with van der Waals surface area (Å²) in [5.74, 6) is 0. The van der Waals surface area contributed by atoms with E-state index in [1.54, 1.807) is 6.20 Å². The average Bonchev–Trinajstić information content (AvgIpc) is 3.17. The molecular formula is C18H22N6S. The highest BCUT2D eigenvalue weighted by molar-refractivity contribution is 7.80. The van der Waals surface area contributed by atoms with Gasteiger partial charge in [-0.1, -0.05) is 18.2 Å². The molecule has 0 atom stereocenters. The Balaban J connectivity index is 1.62. The third kappa shape index (κ3) is 4.06. The third-order valence-corrected chi connectivity index (χ3v) is 4.33. The van der Waals surface area contributed by atoms with E-state index in [2.05, 4.69) is 34.7 Å². The molecule has 0 aliphatic heterocycles. The van der Waals surface area contributed by atoms with Crippen molar-refractivity contribution in [3.05, 3.63) is 59.7 Å². The Morgan fingerprint density at radius 2 is 1.92 bits per heavy atom. The molecule has 0 bridgehead atoms. The number of para-hydroxylation sites is 1. The summed E-state index contributed by atoms with van der Waals surface area (Å²) in [6.07, 6.45) is 5.61. The highest BCUT2D eigenvalue weighted by atomic mass is 32.1. The van der Waals surface area contributed by atoms with E-state index in [9.17, 15) is 0 Å². The van der Waals surface area contributed by atoms with Crippen molar-refractivity contribution >= 4 is 28.7 Å². The second kappa shape index (κ2) is 7.48. The molecule has 3 aromatic rings. The molecule has 25 heavy (non-hydrogen) atoms. The average molecular weight is 354 g/mol. The first-order valence-electron chi connectivity index (χ1n) is 8.24. The number of benzene rings is 1. The molecule has 0 unspecified atom stereocenters. The first-order chi connectivity index (χ1) is 12.1. The van der Waals surface area contributed by atoms with Crippen molar-refractivity contribution < 1.29 is 0 Å². The van der Waals surface area contributed by atoms with E-state index in [1.807, 2.05) is 52.9 Å². The van der Waals surface area contributed by atoms with Gasteiger partial charge in [0.05, 0.1) is 24.6 Å². The molecule has 2 heterocycles. The van der Waals surface area contributed by atoms with E-state index in [-0.39, 0.29) is 0 Å². The summed E-state index contributed by atoms with van der Waals surface area (Å²) in [7, 11) is 0. The minimum absolute atomic E-state index is 0.545. The van der Waals surface area contributed by atoms with Gasteiger partial charge < -0.3 is 10.6 Å². The zero-order valence-electron chi connectivity index (χ0n) is 14.7. The number of hydrogen-bond donors (Lipinski definition) is 2. The minimum atomic E-state index is 0.545. The molecule has 2 aromatic heterocycles. The van der Waals surface area contributed by atoms with Crippen LogP contribution in [-0.2, 0) is 13.1 Å².